The molecule has 1 atom stereocenters. The number of amides is 1. The van der Waals surface area contributed by atoms with Gasteiger partial charge >= 0.3 is 5.69 Å². The van der Waals surface area contributed by atoms with Crippen LogP contribution < -0.4 is 5.69 Å². The van der Waals surface area contributed by atoms with Crippen molar-refractivity contribution in [3.05, 3.63) is 34.2 Å². The van der Waals surface area contributed by atoms with Crippen LogP contribution in [0.25, 0.3) is 11.0 Å². The largest absolute Gasteiger partial charge is 0.381 e. The molecule has 1 amide bonds. The van der Waals surface area contributed by atoms with E-state index in [1.807, 2.05) is 23.1 Å². The predicted molar refractivity (Wildman–Crippen MR) is 90.9 cm³/mol. The summed E-state index contributed by atoms with van der Waals surface area (Å²) in [6.45, 7) is 3.56. The van der Waals surface area contributed by atoms with E-state index >= 15 is 0 Å². The first-order valence-corrected chi connectivity index (χ1v) is 8.75. The first kappa shape index (κ1) is 15.4. The number of ether oxygens (including phenoxy) is 1. The number of carbonyl (C=O) groups is 1. The highest BCUT2D eigenvalue weighted by atomic mass is 16.5. The van der Waals surface area contributed by atoms with Crippen LogP contribution in [0.15, 0.2) is 23.0 Å². The molecule has 1 aromatic heterocycles. The molecule has 4 rings (SSSR count). The van der Waals surface area contributed by atoms with Crippen LogP contribution in [0.5, 0.6) is 0 Å². The van der Waals surface area contributed by atoms with Crippen molar-refractivity contribution >= 4 is 16.9 Å². The summed E-state index contributed by atoms with van der Waals surface area (Å²) in [5.41, 5.74) is 2.61. The highest BCUT2D eigenvalue weighted by molar-refractivity contribution is 5.77. The average molecular weight is 329 g/mol. The molecule has 0 spiro atoms. The maximum Gasteiger partial charge on any atom is 0.323 e. The number of likely N-dealkylation sites (tertiary alicyclic amines) is 1. The van der Waals surface area contributed by atoms with Gasteiger partial charge in [0.25, 0.3) is 0 Å². The van der Waals surface area contributed by atoms with Crippen LogP contribution in [0, 0.1) is 11.8 Å². The van der Waals surface area contributed by atoms with Crippen molar-refractivity contribution in [2.75, 3.05) is 26.3 Å². The van der Waals surface area contributed by atoms with Crippen LogP contribution in [-0.4, -0.2) is 47.1 Å². The maximum atomic E-state index is 12.2. The van der Waals surface area contributed by atoms with Crippen molar-refractivity contribution in [2.45, 2.75) is 25.7 Å². The van der Waals surface area contributed by atoms with Crippen LogP contribution in [0.4, 0.5) is 0 Å². The van der Waals surface area contributed by atoms with Crippen LogP contribution in [0.1, 0.15) is 24.8 Å². The standard InChI is InChI=1S/C18H23N3O3/c22-17(21-9-14(10-21)13-6-7-24-11-13)3-1-2-12-4-5-15-16(8-12)20-18(23)19-15/h4-5,8,13-14H,1-3,6-7,9-11H2,(H2,19,20,23). The summed E-state index contributed by atoms with van der Waals surface area (Å²) in [5.74, 6) is 1.56. The van der Waals surface area contributed by atoms with Gasteiger partial charge in [-0.05, 0) is 48.8 Å². The molecule has 0 radical (unpaired) electrons. The van der Waals surface area contributed by atoms with Crippen molar-refractivity contribution < 1.29 is 9.53 Å². The molecule has 2 saturated heterocycles. The average Bonchev–Trinajstić information content (AvgIpc) is 3.14. The number of hydrogen-bond acceptors (Lipinski definition) is 3. The number of aryl methyl sites for hydroxylation is 1. The Kier molecular flexibility index (Phi) is 4.14. The third kappa shape index (κ3) is 3.11. The number of aromatic amines is 2. The molecule has 128 valence electrons. The van der Waals surface area contributed by atoms with Crippen molar-refractivity contribution in [3.63, 3.8) is 0 Å². The Bertz CT molecular complexity index is 782. The van der Waals surface area contributed by atoms with Gasteiger partial charge in [0.1, 0.15) is 0 Å². The Morgan fingerprint density at radius 1 is 1.21 bits per heavy atom. The molecule has 2 aromatic rings. The second kappa shape index (κ2) is 6.43. The molecular weight excluding hydrogens is 306 g/mol. The molecule has 0 bridgehead atoms. The molecule has 2 aliphatic rings. The predicted octanol–water partition coefficient (Wildman–Crippen LogP) is 1.67. The number of benzene rings is 1. The Morgan fingerprint density at radius 3 is 2.83 bits per heavy atom. The molecule has 2 aliphatic heterocycles. The van der Waals surface area contributed by atoms with Gasteiger partial charge in [-0.1, -0.05) is 6.07 Å². The first-order valence-electron chi connectivity index (χ1n) is 8.75. The zero-order valence-electron chi connectivity index (χ0n) is 13.7. The molecule has 3 heterocycles. The second-order valence-electron chi connectivity index (χ2n) is 7.00. The summed E-state index contributed by atoms with van der Waals surface area (Å²) in [4.78, 5) is 31.0. The second-order valence-corrected chi connectivity index (χ2v) is 7.00. The zero-order valence-corrected chi connectivity index (χ0v) is 13.7. The quantitative estimate of drug-likeness (QED) is 0.876. The minimum absolute atomic E-state index is 0.183. The lowest BCUT2D eigenvalue weighted by atomic mass is 9.85. The zero-order chi connectivity index (χ0) is 16.5. The van der Waals surface area contributed by atoms with Crippen molar-refractivity contribution in [2.24, 2.45) is 11.8 Å². The van der Waals surface area contributed by atoms with E-state index < -0.39 is 0 Å². The highest BCUT2D eigenvalue weighted by Crippen LogP contribution is 2.30. The number of imidazole rings is 1. The Balaban J connectivity index is 1.23. The van der Waals surface area contributed by atoms with E-state index in [0.29, 0.717) is 18.3 Å². The fourth-order valence-corrected chi connectivity index (χ4v) is 3.78. The molecule has 2 N–H and O–H groups in total. The van der Waals surface area contributed by atoms with Gasteiger partial charge in [0.2, 0.25) is 5.91 Å². The fraction of sp³-hybridized carbons (Fsp3) is 0.556. The Morgan fingerprint density at radius 2 is 2.04 bits per heavy atom. The minimum Gasteiger partial charge on any atom is -0.381 e. The van der Waals surface area contributed by atoms with E-state index in [2.05, 4.69) is 9.97 Å². The van der Waals surface area contributed by atoms with Gasteiger partial charge in [0, 0.05) is 32.7 Å². The van der Waals surface area contributed by atoms with Crippen molar-refractivity contribution in [1.82, 2.24) is 14.9 Å². The minimum atomic E-state index is -0.183. The SMILES string of the molecule is O=C(CCCc1ccc2[nH]c(=O)[nH]c2c1)N1CC(C2CCOC2)C1. The Hall–Kier alpha value is -2.08. The molecule has 1 unspecified atom stereocenters. The molecule has 6 heteroatoms. The van der Waals surface area contributed by atoms with Crippen molar-refractivity contribution in [1.29, 1.82) is 0 Å². The van der Waals surface area contributed by atoms with Crippen LogP contribution in [-0.2, 0) is 16.0 Å². The number of carbonyl (C=O) groups excluding carboxylic acids is 1. The summed E-state index contributed by atoms with van der Waals surface area (Å²) in [6.07, 6.45) is 3.43. The normalized spacial score (nSPS) is 21.3. The van der Waals surface area contributed by atoms with Gasteiger partial charge in [0.05, 0.1) is 11.0 Å². The van der Waals surface area contributed by atoms with E-state index in [4.69, 9.17) is 4.74 Å². The van der Waals surface area contributed by atoms with E-state index in [1.165, 1.54) is 0 Å². The summed E-state index contributed by atoms with van der Waals surface area (Å²) in [5, 5.41) is 0. The van der Waals surface area contributed by atoms with E-state index in [9.17, 15) is 9.59 Å². The van der Waals surface area contributed by atoms with Crippen molar-refractivity contribution in [3.8, 4) is 0 Å². The van der Waals surface area contributed by atoms with Gasteiger partial charge in [-0.3, -0.25) is 4.79 Å². The third-order valence-corrected chi connectivity index (χ3v) is 5.33. The Labute approximate surface area is 140 Å². The van der Waals surface area contributed by atoms with Crippen LogP contribution in [0.3, 0.4) is 0 Å². The maximum absolute atomic E-state index is 12.2. The summed E-state index contributed by atoms with van der Waals surface area (Å²) < 4.78 is 5.43. The molecule has 6 nitrogen and oxygen atoms in total. The van der Waals surface area contributed by atoms with Crippen LogP contribution in [0.2, 0.25) is 0 Å². The molecule has 24 heavy (non-hydrogen) atoms. The number of rotatable bonds is 5. The first-order chi connectivity index (χ1) is 11.7. The third-order valence-electron chi connectivity index (χ3n) is 5.33. The van der Waals surface area contributed by atoms with Crippen LogP contribution >= 0.6 is 0 Å². The molecule has 2 fully saturated rings. The lowest BCUT2D eigenvalue weighted by Gasteiger charge is -2.42. The summed E-state index contributed by atoms with van der Waals surface area (Å²) in [7, 11) is 0. The fourth-order valence-electron chi connectivity index (χ4n) is 3.78. The monoisotopic (exact) mass is 329 g/mol. The highest BCUT2D eigenvalue weighted by Gasteiger charge is 2.37. The van der Waals surface area contributed by atoms with E-state index in [0.717, 1.165) is 62.2 Å². The summed E-state index contributed by atoms with van der Waals surface area (Å²) in [6, 6.07) is 5.90. The summed E-state index contributed by atoms with van der Waals surface area (Å²) >= 11 is 0. The van der Waals surface area contributed by atoms with Gasteiger partial charge < -0.3 is 19.6 Å². The molecule has 0 aliphatic carbocycles. The topological polar surface area (TPSA) is 78.2 Å². The molecule has 1 aromatic carbocycles. The number of nitrogens with one attached hydrogen (secondary N) is 2. The van der Waals surface area contributed by atoms with Gasteiger partial charge in [-0.25, -0.2) is 4.79 Å². The lowest BCUT2D eigenvalue weighted by Crippen LogP contribution is -2.52. The number of fused-ring (bicyclic) bond motifs is 1. The van der Waals surface area contributed by atoms with Gasteiger partial charge in [-0.15, -0.1) is 0 Å². The van der Waals surface area contributed by atoms with Gasteiger partial charge in [0.15, 0.2) is 0 Å². The van der Waals surface area contributed by atoms with E-state index in [1.54, 1.807) is 0 Å². The lowest BCUT2D eigenvalue weighted by molar-refractivity contribution is -0.139. The number of hydrogen-bond donors (Lipinski definition) is 2. The molecule has 0 saturated carbocycles. The number of aromatic nitrogens is 2. The smallest absolute Gasteiger partial charge is 0.323 e. The number of H-pyrrole nitrogens is 2. The van der Waals surface area contributed by atoms with Gasteiger partial charge in [-0.2, -0.15) is 0 Å². The molecular formula is C18H23N3O3. The van der Waals surface area contributed by atoms with E-state index in [-0.39, 0.29) is 11.6 Å². The number of nitrogens with zero attached hydrogens (tertiary/aromatic N) is 1.